The van der Waals surface area contributed by atoms with Crippen molar-refractivity contribution in [1.29, 1.82) is 0 Å². The second-order valence-corrected chi connectivity index (χ2v) is 4.98. The Morgan fingerprint density at radius 3 is 2.55 bits per heavy atom. The molecule has 0 saturated heterocycles. The highest BCUT2D eigenvalue weighted by Gasteiger charge is 2.02. The van der Waals surface area contributed by atoms with E-state index in [9.17, 15) is 4.39 Å². The Kier molecular flexibility index (Phi) is 4.05. The predicted molar refractivity (Wildman–Crippen MR) is 87.5 cm³/mol. The molecule has 2 nitrogen and oxygen atoms in total. The Hall–Kier alpha value is -2.81. The number of nitrogens with zero attached hydrogens (tertiary/aromatic N) is 2. The first-order chi connectivity index (χ1) is 10.7. The van der Waals surface area contributed by atoms with E-state index in [0.29, 0.717) is 5.56 Å². The van der Waals surface area contributed by atoms with Crippen LogP contribution < -0.4 is 0 Å². The molecule has 3 aromatic rings. The van der Waals surface area contributed by atoms with Crippen LogP contribution in [0.25, 0.3) is 23.5 Å². The van der Waals surface area contributed by atoms with Gasteiger partial charge in [0.2, 0.25) is 0 Å². The van der Waals surface area contributed by atoms with Crippen LogP contribution in [-0.4, -0.2) is 9.97 Å². The molecule has 0 fully saturated rings. The first-order valence-electron chi connectivity index (χ1n) is 7.05. The van der Waals surface area contributed by atoms with Gasteiger partial charge >= 0.3 is 0 Å². The third-order valence-corrected chi connectivity index (χ3v) is 3.48. The van der Waals surface area contributed by atoms with E-state index in [1.165, 1.54) is 6.07 Å². The number of hydrogen-bond donors (Lipinski definition) is 0. The Bertz CT molecular complexity index is 811. The van der Waals surface area contributed by atoms with Gasteiger partial charge in [0, 0.05) is 12.4 Å². The Morgan fingerprint density at radius 2 is 1.73 bits per heavy atom. The van der Waals surface area contributed by atoms with Gasteiger partial charge in [-0.15, -0.1) is 0 Å². The fourth-order valence-electron chi connectivity index (χ4n) is 2.20. The summed E-state index contributed by atoms with van der Waals surface area (Å²) in [6.45, 7) is 1.78. The van der Waals surface area contributed by atoms with Gasteiger partial charge in [0.25, 0.3) is 0 Å². The molecule has 0 amide bonds. The number of pyridine rings is 2. The highest BCUT2D eigenvalue weighted by molar-refractivity contribution is 5.72. The summed E-state index contributed by atoms with van der Waals surface area (Å²) in [4.78, 5) is 8.64. The van der Waals surface area contributed by atoms with Crippen LogP contribution in [-0.2, 0) is 0 Å². The van der Waals surface area contributed by atoms with Crippen LogP contribution in [0.1, 0.15) is 16.7 Å². The molecule has 0 bridgehead atoms. The molecule has 0 unspecified atom stereocenters. The van der Waals surface area contributed by atoms with Gasteiger partial charge in [-0.05, 0) is 53.9 Å². The van der Waals surface area contributed by atoms with Gasteiger partial charge in [0.1, 0.15) is 5.82 Å². The molecule has 0 N–H and O–H groups in total. The Labute approximate surface area is 129 Å². The van der Waals surface area contributed by atoms with Gasteiger partial charge < -0.3 is 0 Å². The molecule has 22 heavy (non-hydrogen) atoms. The van der Waals surface area contributed by atoms with E-state index >= 15 is 0 Å². The number of rotatable bonds is 3. The molecule has 3 heteroatoms. The van der Waals surface area contributed by atoms with Crippen molar-refractivity contribution in [3.8, 4) is 11.4 Å². The molecule has 1 aromatic carbocycles. The quantitative estimate of drug-likeness (QED) is 0.695. The average Bonchev–Trinajstić information content (AvgIpc) is 2.57. The Morgan fingerprint density at radius 1 is 0.864 bits per heavy atom. The van der Waals surface area contributed by atoms with E-state index in [-0.39, 0.29) is 5.82 Å². The van der Waals surface area contributed by atoms with Crippen LogP contribution in [0.15, 0.2) is 60.9 Å². The van der Waals surface area contributed by atoms with Crippen LogP contribution in [0, 0.1) is 12.7 Å². The molecule has 0 aliphatic rings. The van der Waals surface area contributed by atoms with Gasteiger partial charge in [-0.2, -0.15) is 0 Å². The summed E-state index contributed by atoms with van der Waals surface area (Å²) in [6, 6.07) is 14.7. The molecule has 0 spiro atoms. The van der Waals surface area contributed by atoms with Crippen molar-refractivity contribution in [3.05, 3.63) is 83.4 Å². The summed E-state index contributed by atoms with van der Waals surface area (Å²) in [5, 5.41) is 0. The summed E-state index contributed by atoms with van der Waals surface area (Å²) < 4.78 is 13.5. The first kappa shape index (κ1) is 14.1. The molecular formula is C19H15FN2. The minimum atomic E-state index is -0.189. The normalized spacial score (nSPS) is 11.0. The van der Waals surface area contributed by atoms with Gasteiger partial charge in [0.05, 0.1) is 11.4 Å². The fraction of sp³-hybridized carbons (Fsp3) is 0.0526. The maximum absolute atomic E-state index is 13.5. The van der Waals surface area contributed by atoms with Crippen molar-refractivity contribution in [2.45, 2.75) is 6.92 Å². The zero-order valence-electron chi connectivity index (χ0n) is 12.2. The lowest BCUT2D eigenvalue weighted by atomic mass is 10.1. The van der Waals surface area contributed by atoms with Crippen LogP contribution in [0.2, 0.25) is 0 Å². The Balaban J connectivity index is 1.90. The molecule has 0 radical (unpaired) electrons. The van der Waals surface area contributed by atoms with Gasteiger partial charge in [-0.3, -0.25) is 9.97 Å². The molecule has 0 aliphatic heterocycles. The fourth-order valence-corrected chi connectivity index (χ4v) is 2.20. The maximum Gasteiger partial charge on any atom is 0.126 e. The van der Waals surface area contributed by atoms with Crippen molar-refractivity contribution in [2.75, 3.05) is 0 Å². The van der Waals surface area contributed by atoms with Crippen LogP contribution >= 0.6 is 0 Å². The largest absolute Gasteiger partial charge is 0.255 e. The molecule has 2 aromatic heterocycles. The highest BCUT2D eigenvalue weighted by Crippen LogP contribution is 2.18. The third-order valence-electron chi connectivity index (χ3n) is 3.48. The highest BCUT2D eigenvalue weighted by atomic mass is 19.1. The van der Waals surface area contributed by atoms with E-state index in [4.69, 9.17) is 0 Å². The smallest absolute Gasteiger partial charge is 0.126 e. The standard InChI is InChI=1S/C19H15FN2/c1-14-16(5-4-6-17(14)20)9-8-15-10-12-22-19(13-15)18-7-2-3-11-21-18/h2-13H,1H3/b9-8-. The maximum atomic E-state index is 13.5. The van der Waals surface area contributed by atoms with Crippen LogP contribution in [0.3, 0.4) is 0 Å². The second kappa shape index (κ2) is 6.31. The number of aromatic nitrogens is 2. The van der Waals surface area contributed by atoms with Crippen molar-refractivity contribution in [3.63, 3.8) is 0 Å². The molecular weight excluding hydrogens is 275 g/mol. The van der Waals surface area contributed by atoms with Gasteiger partial charge in [-0.1, -0.05) is 30.4 Å². The number of benzene rings is 1. The van der Waals surface area contributed by atoms with Crippen molar-refractivity contribution in [1.82, 2.24) is 9.97 Å². The molecule has 3 rings (SSSR count). The predicted octanol–water partition coefficient (Wildman–Crippen LogP) is 4.76. The van der Waals surface area contributed by atoms with Crippen LogP contribution in [0.4, 0.5) is 4.39 Å². The summed E-state index contributed by atoms with van der Waals surface area (Å²) in [5.41, 5.74) is 4.17. The summed E-state index contributed by atoms with van der Waals surface area (Å²) in [6.07, 6.45) is 7.36. The van der Waals surface area contributed by atoms with Crippen molar-refractivity contribution in [2.24, 2.45) is 0 Å². The first-order valence-corrected chi connectivity index (χ1v) is 7.05. The molecule has 0 aliphatic carbocycles. The van der Waals surface area contributed by atoms with E-state index in [2.05, 4.69) is 9.97 Å². The summed E-state index contributed by atoms with van der Waals surface area (Å²) in [5.74, 6) is -0.189. The van der Waals surface area contributed by atoms with E-state index in [1.807, 2.05) is 48.6 Å². The van der Waals surface area contributed by atoms with E-state index in [0.717, 1.165) is 22.5 Å². The topological polar surface area (TPSA) is 25.8 Å². The second-order valence-electron chi connectivity index (χ2n) is 4.98. The molecule has 0 atom stereocenters. The SMILES string of the molecule is Cc1c(F)cccc1/C=C\c1ccnc(-c2ccccn2)c1. The van der Waals surface area contributed by atoms with Crippen LogP contribution in [0.5, 0.6) is 0 Å². The van der Waals surface area contributed by atoms with Crippen molar-refractivity contribution >= 4 is 12.2 Å². The molecule has 108 valence electrons. The lowest BCUT2D eigenvalue weighted by Gasteiger charge is -2.02. The molecule has 2 heterocycles. The number of hydrogen-bond acceptors (Lipinski definition) is 2. The lowest BCUT2D eigenvalue weighted by molar-refractivity contribution is 0.618. The zero-order chi connectivity index (χ0) is 15.4. The van der Waals surface area contributed by atoms with Gasteiger partial charge in [-0.25, -0.2) is 4.39 Å². The van der Waals surface area contributed by atoms with E-state index in [1.54, 1.807) is 25.4 Å². The average molecular weight is 290 g/mol. The van der Waals surface area contributed by atoms with Crippen molar-refractivity contribution < 1.29 is 4.39 Å². The molecule has 0 saturated carbocycles. The lowest BCUT2D eigenvalue weighted by Crippen LogP contribution is -1.87. The summed E-state index contributed by atoms with van der Waals surface area (Å²) in [7, 11) is 0. The summed E-state index contributed by atoms with van der Waals surface area (Å²) >= 11 is 0. The minimum absolute atomic E-state index is 0.189. The van der Waals surface area contributed by atoms with Gasteiger partial charge in [0.15, 0.2) is 0 Å². The zero-order valence-corrected chi connectivity index (χ0v) is 12.2. The minimum Gasteiger partial charge on any atom is -0.255 e. The van der Waals surface area contributed by atoms with E-state index < -0.39 is 0 Å². The third kappa shape index (κ3) is 3.09. The monoisotopic (exact) mass is 290 g/mol. The number of halogens is 1.